The van der Waals surface area contributed by atoms with Crippen LogP contribution in [0.1, 0.15) is 5.56 Å². The zero-order valence-corrected chi connectivity index (χ0v) is 15.4. The first kappa shape index (κ1) is 16.3. The van der Waals surface area contributed by atoms with E-state index in [2.05, 4.69) is 41.1 Å². The average molecular weight is 359 g/mol. The van der Waals surface area contributed by atoms with Gasteiger partial charge in [0, 0.05) is 40.7 Å². The van der Waals surface area contributed by atoms with E-state index in [9.17, 15) is 5.26 Å². The lowest BCUT2D eigenvalue weighted by Gasteiger charge is -2.13. The van der Waals surface area contributed by atoms with Gasteiger partial charge in [0.05, 0.1) is 16.8 Å². The van der Waals surface area contributed by atoms with Crippen LogP contribution >= 0.6 is 0 Å². The molecule has 0 aliphatic heterocycles. The molecule has 0 unspecified atom stereocenters. The zero-order chi connectivity index (χ0) is 19.1. The van der Waals surface area contributed by atoms with Gasteiger partial charge < -0.3 is 4.57 Å². The topological polar surface area (TPSA) is 41.6 Å². The van der Waals surface area contributed by atoms with Gasteiger partial charge in [-0.1, -0.05) is 66.7 Å². The van der Waals surface area contributed by atoms with Gasteiger partial charge in [-0.25, -0.2) is 4.98 Å². The lowest BCUT2D eigenvalue weighted by Crippen LogP contribution is -1.96. The average Bonchev–Trinajstić information content (AvgIpc) is 3.09. The summed E-state index contributed by atoms with van der Waals surface area (Å²) < 4.78 is 2.09. The monoisotopic (exact) mass is 359 g/mol. The van der Waals surface area contributed by atoms with Crippen LogP contribution in [0.3, 0.4) is 0 Å². The SMILES string of the molecule is Cn1cc(-c2nc3ccccc3c(-c3ccccc3)c2C#N)c2ccccc21. The van der Waals surface area contributed by atoms with E-state index in [-0.39, 0.29) is 0 Å². The molecule has 0 bridgehead atoms. The van der Waals surface area contributed by atoms with Crippen molar-refractivity contribution < 1.29 is 0 Å². The van der Waals surface area contributed by atoms with Crippen molar-refractivity contribution in [2.24, 2.45) is 7.05 Å². The van der Waals surface area contributed by atoms with E-state index in [1.165, 1.54) is 0 Å². The summed E-state index contributed by atoms with van der Waals surface area (Å²) in [5.74, 6) is 0. The quantitative estimate of drug-likeness (QED) is 0.392. The van der Waals surface area contributed by atoms with E-state index in [1.54, 1.807) is 0 Å². The van der Waals surface area contributed by atoms with Crippen LogP contribution in [0.4, 0.5) is 0 Å². The molecule has 3 aromatic carbocycles. The van der Waals surface area contributed by atoms with Crippen LogP contribution in [0.15, 0.2) is 85.1 Å². The van der Waals surface area contributed by atoms with Gasteiger partial charge in [-0.2, -0.15) is 5.26 Å². The van der Waals surface area contributed by atoms with E-state index >= 15 is 0 Å². The van der Waals surface area contributed by atoms with Crippen molar-refractivity contribution in [2.45, 2.75) is 0 Å². The maximum absolute atomic E-state index is 10.2. The third kappa shape index (κ3) is 2.39. The Labute approximate surface area is 163 Å². The Morgan fingerprint density at radius 2 is 1.50 bits per heavy atom. The number of nitriles is 1. The van der Waals surface area contributed by atoms with Crippen molar-refractivity contribution in [3.8, 4) is 28.5 Å². The number of aromatic nitrogens is 2. The first-order valence-corrected chi connectivity index (χ1v) is 9.20. The van der Waals surface area contributed by atoms with Crippen LogP contribution in [-0.2, 0) is 7.05 Å². The van der Waals surface area contributed by atoms with E-state index in [0.29, 0.717) is 5.56 Å². The molecule has 2 aromatic heterocycles. The smallest absolute Gasteiger partial charge is 0.102 e. The molecule has 28 heavy (non-hydrogen) atoms. The maximum atomic E-state index is 10.2. The van der Waals surface area contributed by atoms with Gasteiger partial charge >= 0.3 is 0 Å². The van der Waals surface area contributed by atoms with Gasteiger partial charge in [-0.05, 0) is 17.7 Å². The molecule has 0 saturated heterocycles. The number of pyridine rings is 1. The standard InChI is InChI=1S/C25H17N3/c1-28-16-21(18-11-6-8-14-23(18)28)25-20(15-26)24(17-9-3-2-4-10-17)19-12-5-7-13-22(19)27-25/h2-14,16H,1H3. The summed E-state index contributed by atoms with van der Waals surface area (Å²) in [6, 6.07) is 28.8. The summed E-state index contributed by atoms with van der Waals surface area (Å²) in [5, 5.41) is 12.3. The summed E-state index contributed by atoms with van der Waals surface area (Å²) in [6.07, 6.45) is 2.07. The van der Waals surface area contributed by atoms with Crippen LogP contribution in [0.2, 0.25) is 0 Å². The molecule has 0 fully saturated rings. The third-order valence-corrected chi connectivity index (χ3v) is 5.22. The number of nitrogens with zero attached hydrogens (tertiary/aromatic N) is 3. The predicted molar refractivity (Wildman–Crippen MR) is 114 cm³/mol. The molecule has 0 N–H and O–H groups in total. The largest absolute Gasteiger partial charge is 0.350 e. The molecule has 5 rings (SSSR count). The Bertz CT molecular complexity index is 1370. The van der Waals surface area contributed by atoms with Crippen molar-refractivity contribution >= 4 is 21.8 Å². The summed E-state index contributed by atoms with van der Waals surface area (Å²) in [4.78, 5) is 4.93. The van der Waals surface area contributed by atoms with Gasteiger partial charge in [0.1, 0.15) is 6.07 Å². The Balaban J connectivity index is 1.95. The molecule has 0 radical (unpaired) electrons. The molecular formula is C25H17N3. The summed E-state index contributed by atoms with van der Waals surface area (Å²) in [6.45, 7) is 0. The Morgan fingerprint density at radius 1 is 0.821 bits per heavy atom. The highest BCUT2D eigenvalue weighted by Gasteiger charge is 2.20. The van der Waals surface area contributed by atoms with Crippen LogP contribution < -0.4 is 0 Å². The van der Waals surface area contributed by atoms with Crippen molar-refractivity contribution in [3.63, 3.8) is 0 Å². The van der Waals surface area contributed by atoms with Crippen molar-refractivity contribution in [3.05, 3.63) is 90.6 Å². The second-order valence-electron chi connectivity index (χ2n) is 6.88. The molecule has 2 heterocycles. The van der Waals surface area contributed by atoms with E-state index < -0.39 is 0 Å². The number of aryl methyl sites for hydroxylation is 1. The van der Waals surface area contributed by atoms with Gasteiger partial charge in [0.25, 0.3) is 0 Å². The van der Waals surface area contributed by atoms with E-state index in [0.717, 1.165) is 44.2 Å². The first-order chi connectivity index (χ1) is 13.8. The molecule has 3 nitrogen and oxygen atoms in total. The van der Waals surface area contributed by atoms with Crippen LogP contribution in [-0.4, -0.2) is 9.55 Å². The molecule has 0 aliphatic rings. The van der Waals surface area contributed by atoms with Crippen molar-refractivity contribution in [2.75, 3.05) is 0 Å². The predicted octanol–water partition coefficient (Wildman–Crippen LogP) is 5.93. The molecule has 0 atom stereocenters. The number of rotatable bonds is 2. The number of fused-ring (bicyclic) bond motifs is 2. The number of benzene rings is 3. The van der Waals surface area contributed by atoms with E-state index in [1.807, 2.05) is 61.6 Å². The number of para-hydroxylation sites is 2. The molecular weight excluding hydrogens is 342 g/mol. The molecule has 3 heteroatoms. The van der Waals surface area contributed by atoms with Crippen LogP contribution in [0.25, 0.3) is 44.2 Å². The van der Waals surface area contributed by atoms with Gasteiger partial charge in [-0.15, -0.1) is 0 Å². The maximum Gasteiger partial charge on any atom is 0.102 e. The highest BCUT2D eigenvalue weighted by molar-refractivity contribution is 6.04. The van der Waals surface area contributed by atoms with Gasteiger partial charge in [0.2, 0.25) is 0 Å². The zero-order valence-electron chi connectivity index (χ0n) is 15.4. The fourth-order valence-corrected chi connectivity index (χ4v) is 3.95. The molecule has 5 aromatic rings. The van der Waals surface area contributed by atoms with E-state index in [4.69, 9.17) is 4.98 Å². The Kier molecular flexibility index (Phi) is 3.70. The lowest BCUT2D eigenvalue weighted by molar-refractivity contribution is 0.969. The van der Waals surface area contributed by atoms with Gasteiger partial charge in [-0.3, -0.25) is 0 Å². The summed E-state index contributed by atoms with van der Waals surface area (Å²) >= 11 is 0. The molecule has 0 amide bonds. The number of hydrogen-bond acceptors (Lipinski definition) is 2. The highest BCUT2D eigenvalue weighted by atomic mass is 14.9. The highest BCUT2D eigenvalue weighted by Crippen LogP contribution is 2.39. The number of hydrogen-bond donors (Lipinski definition) is 0. The van der Waals surface area contributed by atoms with Crippen molar-refractivity contribution in [1.82, 2.24) is 9.55 Å². The van der Waals surface area contributed by atoms with Crippen LogP contribution in [0.5, 0.6) is 0 Å². The molecule has 0 saturated carbocycles. The lowest BCUT2D eigenvalue weighted by atomic mass is 9.92. The summed E-state index contributed by atoms with van der Waals surface area (Å²) in [5.41, 5.74) is 6.31. The van der Waals surface area contributed by atoms with Crippen LogP contribution in [0, 0.1) is 11.3 Å². The third-order valence-electron chi connectivity index (χ3n) is 5.22. The fraction of sp³-hybridized carbons (Fsp3) is 0.0400. The summed E-state index contributed by atoms with van der Waals surface area (Å²) in [7, 11) is 2.02. The molecule has 0 spiro atoms. The fourth-order valence-electron chi connectivity index (χ4n) is 3.95. The minimum absolute atomic E-state index is 0.612. The molecule has 132 valence electrons. The second kappa shape index (κ2) is 6.37. The first-order valence-electron chi connectivity index (χ1n) is 9.20. The normalized spacial score (nSPS) is 11.0. The molecule has 0 aliphatic carbocycles. The second-order valence-corrected chi connectivity index (χ2v) is 6.88. The Morgan fingerprint density at radius 3 is 2.29 bits per heavy atom. The Hall–Kier alpha value is -3.90. The van der Waals surface area contributed by atoms with Crippen molar-refractivity contribution in [1.29, 1.82) is 5.26 Å². The minimum Gasteiger partial charge on any atom is -0.350 e. The minimum atomic E-state index is 0.612. The van der Waals surface area contributed by atoms with Gasteiger partial charge in [0.15, 0.2) is 0 Å².